The second kappa shape index (κ2) is 8.82. The molecule has 1 aromatic rings. The van der Waals surface area contributed by atoms with Gasteiger partial charge in [0.1, 0.15) is 0 Å². The van der Waals surface area contributed by atoms with Crippen LogP contribution in [0.1, 0.15) is 44.9 Å². The van der Waals surface area contributed by atoms with Crippen LogP contribution < -0.4 is 14.8 Å². The minimum absolute atomic E-state index is 0.134. The number of nitrogens with zero attached hydrogens (tertiary/aromatic N) is 1. The SMILES string of the molecule is O=C(CC1COCCN1C(=O)CC1CCCCC1)Nc1ccc2c(c1)OCO2. The summed E-state index contributed by atoms with van der Waals surface area (Å²) in [6.45, 7) is 1.71. The van der Waals surface area contributed by atoms with Crippen LogP contribution in [0.15, 0.2) is 18.2 Å². The van der Waals surface area contributed by atoms with Crippen molar-refractivity contribution in [2.75, 3.05) is 31.9 Å². The van der Waals surface area contributed by atoms with Crippen LogP contribution in [0.5, 0.6) is 11.5 Å². The standard InChI is InChI=1S/C21H28N2O5/c24-20(22-16-6-7-18-19(11-16)28-14-27-18)12-17-13-26-9-8-23(17)21(25)10-15-4-2-1-3-5-15/h6-7,11,15,17H,1-5,8-10,12-14H2,(H,22,24). The van der Waals surface area contributed by atoms with Crippen LogP contribution in [-0.4, -0.2) is 49.3 Å². The Balaban J connectivity index is 1.33. The topological polar surface area (TPSA) is 77.1 Å². The number of fused-ring (bicyclic) bond motifs is 1. The molecule has 0 radical (unpaired) electrons. The van der Waals surface area contributed by atoms with Gasteiger partial charge in [0.2, 0.25) is 18.6 Å². The van der Waals surface area contributed by atoms with Gasteiger partial charge in [-0.25, -0.2) is 0 Å². The summed E-state index contributed by atoms with van der Waals surface area (Å²) in [6, 6.07) is 5.11. The van der Waals surface area contributed by atoms with E-state index in [1.807, 2.05) is 4.90 Å². The first-order valence-corrected chi connectivity index (χ1v) is 10.3. The molecule has 1 atom stereocenters. The number of anilines is 1. The minimum atomic E-state index is -0.209. The van der Waals surface area contributed by atoms with E-state index in [4.69, 9.17) is 14.2 Å². The maximum Gasteiger partial charge on any atom is 0.231 e. The fraction of sp³-hybridized carbons (Fsp3) is 0.619. The molecule has 2 heterocycles. The van der Waals surface area contributed by atoms with E-state index in [9.17, 15) is 9.59 Å². The minimum Gasteiger partial charge on any atom is -0.454 e. The van der Waals surface area contributed by atoms with Gasteiger partial charge in [-0.15, -0.1) is 0 Å². The first-order chi connectivity index (χ1) is 13.7. The Labute approximate surface area is 165 Å². The Morgan fingerprint density at radius 2 is 1.89 bits per heavy atom. The Bertz CT molecular complexity index is 717. The third-order valence-corrected chi connectivity index (χ3v) is 5.81. The maximum atomic E-state index is 12.9. The van der Waals surface area contributed by atoms with E-state index < -0.39 is 0 Å². The number of hydrogen-bond acceptors (Lipinski definition) is 5. The summed E-state index contributed by atoms with van der Waals surface area (Å²) in [5, 5.41) is 2.89. The molecule has 1 aromatic carbocycles. The van der Waals surface area contributed by atoms with Gasteiger partial charge >= 0.3 is 0 Å². The predicted molar refractivity (Wildman–Crippen MR) is 103 cm³/mol. The first kappa shape index (κ1) is 19.1. The number of amides is 2. The molecule has 152 valence electrons. The fourth-order valence-electron chi connectivity index (χ4n) is 4.31. The van der Waals surface area contributed by atoms with Crippen molar-refractivity contribution < 1.29 is 23.8 Å². The summed E-state index contributed by atoms with van der Waals surface area (Å²) in [4.78, 5) is 27.3. The molecular formula is C21H28N2O5. The van der Waals surface area contributed by atoms with E-state index in [0.717, 1.165) is 12.8 Å². The third-order valence-electron chi connectivity index (χ3n) is 5.81. The molecule has 0 bridgehead atoms. The number of nitrogens with one attached hydrogen (secondary N) is 1. The summed E-state index contributed by atoms with van der Waals surface area (Å²) in [5.74, 6) is 1.83. The van der Waals surface area contributed by atoms with E-state index in [-0.39, 0.29) is 31.1 Å². The van der Waals surface area contributed by atoms with Gasteiger partial charge in [-0.3, -0.25) is 9.59 Å². The van der Waals surface area contributed by atoms with Crippen LogP contribution in [0.25, 0.3) is 0 Å². The normalized spacial score (nSPS) is 22.1. The monoisotopic (exact) mass is 388 g/mol. The third kappa shape index (κ3) is 4.58. The highest BCUT2D eigenvalue weighted by molar-refractivity contribution is 5.92. The van der Waals surface area contributed by atoms with Gasteiger partial charge in [-0.1, -0.05) is 19.3 Å². The van der Waals surface area contributed by atoms with Gasteiger partial charge in [0.25, 0.3) is 0 Å². The molecule has 0 aromatic heterocycles. The van der Waals surface area contributed by atoms with Crippen LogP contribution in [0.2, 0.25) is 0 Å². The van der Waals surface area contributed by atoms with Gasteiger partial charge in [-0.05, 0) is 30.9 Å². The van der Waals surface area contributed by atoms with Crippen LogP contribution in [0, 0.1) is 5.92 Å². The number of hydrogen-bond donors (Lipinski definition) is 1. The average Bonchev–Trinajstić information content (AvgIpc) is 3.17. The number of ether oxygens (including phenoxy) is 3. The van der Waals surface area contributed by atoms with Gasteiger partial charge < -0.3 is 24.4 Å². The number of carbonyl (C=O) groups is 2. The molecule has 28 heavy (non-hydrogen) atoms. The van der Waals surface area contributed by atoms with Crippen molar-refractivity contribution in [1.29, 1.82) is 0 Å². The molecule has 1 aliphatic carbocycles. The smallest absolute Gasteiger partial charge is 0.231 e. The molecule has 1 saturated heterocycles. The van der Waals surface area contributed by atoms with E-state index in [0.29, 0.717) is 49.3 Å². The second-order valence-corrected chi connectivity index (χ2v) is 7.84. The Morgan fingerprint density at radius 3 is 2.75 bits per heavy atom. The van der Waals surface area contributed by atoms with Crippen molar-refractivity contribution >= 4 is 17.5 Å². The highest BCUT2D eigenvalue weighted by Crippen LogP contribution is 2.34. The van der Waals surface area contributed by atoms with E-state index >= 15 is 0 Å². The molecule has 1 saturated carbocycles. The van der Waals surface area contributed by atoms with Crippen molar-refractivity contribution in [3.05, 3.63) is 18.2 Å². The molecule has 2 aliphatic heterocycles. The lowest BCUT2D eigenvalue weighted by Gasteiger charge is -2.36. The molecule has 2 fully saturated rings. The summed E-state index contributed by atoms with van der Waals surface area (Å²) in [6.07, 6.45) is 6.84. The zero-order valence-electron chi connectivity index (χ0n) is 16.2. The number of carbonyl (C=O) groups excluding carboxylic acids is 2. The van der Waals surface area contributed by atoms with Crippen molar-refractivity contribution in [3.8, 4) is 11.5 Å². The zero-order valence-corrected chi connectivity index (χ0v) is 16.2. The van der Waals surface area contributed by atoms with Crippen LogP contribution in [0.4, 0.5) is 5.69 Å². The molecule has 4 rings (SSSR count). The van der Waals surface area contributed by atoms with Crippen molar-refractivity contribution in [2.24, 2.45) is 5.92 Å². The van der Waals surface area contributed by atoms with E-state index in [1.54, 1.807) is 18.2 Å². The lowest BCUT2D eigenvalue weighted by Crippen LogP contribution is -2.50. The Kier molecular flexibility index (Phi) is 6.00. The molecule has 1 N–H and O–H groups in total. The molecule has 2 amide bonds. The van der Waals surface area contributed by atoms with Gasteiger partial charge in [0.15, 0.2) is 11.5 Å². The summed E-state index contributed by atoms with van der Waals surface area (Å²) < 4.78 is 16.2. The molecular weight excluding hydrogens is 360 g/mol. The van der Waals surface area contributed by atoms with Crippen LogP contribution in [-0.2, 0) is 14.3 Å². The summed E-state index contributed by atoms with van der Waals surface area (Å²) in [5.41, 5.74) is 0.658. The van der Waals surface area contributed by atoms with Gasteiger partial charge in [0.05, 0.1) is 19.3 Å². The van der Waals surface area contributed by atoms with Crippen molar-refractivity contribution in [1.82, 2.24) is 4.90 Å². The van der Waals surface area contributed by atoms with Gasteiger partial charge in [0, 0.05) is 31.1 Å². The van der Waals surface area contributed by atoms with E-state index in [2.05, 4.69) is 5.32 Å². The summed E-state index contributed by atoms with van der Waals surface area (Å²) >= 11 is 0. The molecule has 7 nitrogen and oxygen atoms in total. The lowest BCUT2D eigenvalue weighted by molar-refractivity contribution is -0.142. The lowest BCUT2D eigenvalue weighted by atomic mass is 9.86. The Morgan fingerprint density at radius 1 is 1.07 bits per heavy atom. The van der Waals surface area contributed by atoms with Crippen molar-refractivity contribution in [2.45, 2.75) is 51.0 Å². The first-order valence-electron chi connectivity index (χ1n) is 10.3. The maximum absolute atomic E-state index is 12.9. The predicted octanol–water partition coefficient (Wildman–Crippen LogP) is 2.94. The second-order valence-electron chi connectivity index (χ2n) is 7.84. The molecule has 1 unspecified atom stereocenters. The largest absolute Gasteiger partial charge is 0.454 e. The number of rotatable bonds is 5. The highest BCUT2D eigenvalue weighted by Gasteiger charge is 2.30. The molecule has 3 aliphatic rings. The highest BCUT2D eigenvalue weighted by atomic mass is 16.7. The summed E-state index contributed by atoms with van der Waals surface area (Å²) in [7, 11) is 0. The quantitative estimate of drug-likeness (QED) is 0.839. The number of morpholine rings is 1. The van der Waals surface area contributed by atoms with E-state index in [1.165, 1.54) is 19.3 Å². The zero-order chi connectivity index (χ0) is 19.3. The Hall–Kier alpha value is -2.28. The van der Waals surface area contributed by atoms with Crippen LogP contribution >= 0.6 is 0 Å². The average molecular weight is 388 g/mol. The number of benzene rings is 1. The fourth-order valence-corrected chi connectivity index (χ4v) is 4.31. The van der Waals surface area contributed by atoms with Gasteiger partial charge in [-0.2, -0.15) is 0 Å². The van der Waals surface area contributed by atoms with Crippen LogP contribution in [0.3, 0.4) is 0 Å². The molecule has 0 spiro atoms. The van der Waals surface area contributed by atoms with Crippen molar-refractivity contribution in [3.63, 3.8) is 0 Å². The molecule has 7 heteroatoms.